The number of methoxy groups -OCH3 is 2. The topological polar surface area (TPSA) is 116 Å². The molecule has 0 unspecified atom stereocenters. The van der Waals surface area contributed by atoms with Crippen molar-refractivity contribution in [3.8, 4) is 11.5 Å². The summed E-state index contributed by atoms with van der Waals surface area (Å²) in [5, 5.41) is 0. The van der Waals surface area contributed by atoms with E-state index in [0.29, 0.717) is 0 Å². The second-order valence-corrected chi connectivity index (χ2v) is 6.08. The molecule has 2 aromatic rings. The first-order valence-electron chi connectivity index (χ1n) is 6.74. The Balaban J connectivity index is 0.00000338. The first kappa shape index (κ1) is 22.1. The minimum atomic E-state index is -4.45. The fourth-order valence-corrected chi connectivity index (χ4v) is 2.37. The van der Waals surface area contributed by atoms with Crippen LogP contribution in [0.1, 0.15) is 20.7 Å². The molecule has 0 aliphatic heterocycles. The summed E-state index contributed by atoms with van der Waals surface area (Å²) in [5.74, 6) is -1.41. The molecule has 0 heterocycles. The van der Waals surface area contributed by atoms with Crippen molar-refractivity contribution in [2.45, 2.75) is 4.90 Å². The number of carbonyl (C=O) groups is 2. The van der Waals surface area contributed by atoms with Crippen molar-refractivity contribution in [3.05, 3.63) is 53.6 Å². The second kappa shape index (κ2) is 9.15. The zero-order valence-electron chi connectivity index (χ0n) is 14.2. The van der Waals surface area contributed by atoms with E-state index in [4.69, 9.17) is 9.29 Å². The third kappa shape index (κ3) is 5.55. The van der Waals surface area contributed by atoms with Crippen molar-refractivity contribution in [3.63, 3.8) is 0 Å². The van der Waals surface area contributed by atoms with Crippen LogP contribution in [0.15, 0.2) is 41.3 Å². The number of esters is 2. The van der Waals surface area contributed by atoms with Crippen molar-refractivity contribution in [1.29, 1.82) is 0 Å². The summed E-state index contributed by atoms with van der Waals surface area (Å²) in [6.07, 6.45) is 0. The number of carbonyl (C=O) groups excluding carboxylic acids is 2. The Labute approximate surface area is 172 Å². The molecule has 0 aliphatic rings. The molecule has 1 N–H and O–H groups in total. The van der Waals surface area contributed by atoms with E-state index >= 15 is 0 Å². The first-order chi connectivity index (χ1) is 11.7. The Morgan fingerprint density at radius 3 is 2.00 bits per heavy atom. The molecular weight excluding hydrogens is 375 g/mol. The molecule has 2 aromatic carbocycles. The minimum absolute atomic E-state index is 0. The number of benzene rings is 2. The summed E-state index contributed by atoms with van der Waals surface area (Å²) in [6, 6.07) is 10.1. The van der Waals surface area contributed by atoms with Gasteiger partial charge in [-0.25, -0.2) is 9.59 Å². The van der Waals surface area contributed by atoms with E-state index in [1.807, 2.05) is 0 Å². The maximum Gasteiger partial charge on any atom is 1.00 e. The van der Waals surface area contributed by atoms with E-state index in [2.05, 4.69) is 15.5 Å². The molecule has 0 bridgehead atoms. The van der Waals surface area contributed by atoms with Gasteiger partial charge in [-0.15, -0.1) is 18.2 Å². The Bertz CT molecular complexity index is 889. The van der Waals surface area contributed by atoms with Gasteiger partial charge < -0.3 is 14.2 Å². The smallest absolute Gasteiger partial charge is 0.483 e. The molecule has 0 saturated carbocycles. The van der Waals surface area contributed by atoms with Crippen LogP contribution in [0.5, 0.6) is 11.5 Å². The van der Waals surface area contributed by atoms with Crippen molar-refractivity contribution in [2.24, 2.45) is 0 Å². The van der Waals surface area contributed by atoms with E-state index in [1.165, 1.54) is 44.6 Å². The molecule has 0 spiro atoms. The maximum atomic E-state index is 11.7. The molecule has 8 nitrogen and oxygen atoms in total. The molecule has 10 heteroatoms. The summed E-state index contributed by atoms with van der Waals surface area (Å²) < 4.78 is 46.0. The predicted molar refractivity (Wildman–Crippen MR) is 84.3 cm³/mol. The Morgan fingerprint density at radius 2 is 1.54 bits per heavy atom. The van der Waals surface area contributed by atoms with Crippen LogP contribution in [0.4, 0.5) is 0 Å². The average molecular weight is 388 g/mol. The molecule has 0 amide bonds. The molecular formula is C16H13NaO8S. The summed E-state index contributed by atoms with van der Waals surface area (Å²) in [6.45, 7) is 0. The van der Waals surface area contributed by atoms with E-state index in [1.54, 1.807) is 0 Å². The number of hydrogen-bond donors (Lipinski definition) is 1. The Hall–Kier alpha value is -1.91. The van der Waals surface area contributed by atoms with Crippen LogP contribution in [0.3, 0.4) is 0 Å². The van der Waals surface area contributed by atoms with Crippen molar-refractivity contribution >= 4 is 22.1 Å². The third-order valence-electron chi connectivity index (χ3n) is 3.00. The van der Waals surface area contributed by atoms with Crippen LogP contribution in [0.25, 0.3) is 0 Å². The van der Waals surface area contributed by atoms with E-state index in [9.17, 15) is 18.0 Å². The minimum Gasteiger partial charge on any atom is -0.483 e. The summed E-state index contributed by atoms with van der Waals surface area (Å²) in [5.41, 5.74) is 0.0673. The average Bonchev–Trinajstić information content (AvgIpc) is 2.59. The number of rotatable bonds is 5. The van der Waals surface area contributed by atoms with Gasteiger partial charge >= 0.3 is 41.5 Å². The van der Waals surface area contributed by atoms with E-state index in [0.717, 1.165) is 6.07 Å². The molecule has 0 radical (unpaired) electrons. The maximum absolute atomic E-state index is 11.7. The monoisotopic (exact) mass is 388 g/mol. The fraction of sp³-hybridized carbons (Fsp3) is 0.125. The number of hydrogen-bond acceptors (Lipinski definition) is 7. The van der Waals surface area contributed by atoms with Gasteiger partial charge in [0.1, 0.15) is 5.75 Å². The predicted octanol–water partition coefficient (Wildman–Crippen LogP) is -0.897. The second-order valence-electron chi connectivity index (χ2n) is 4.69. The zero-order valence-corrected chi connectivity index (χ0v) is 17.0. The molecule has 2 rings (SSSR count). The van der Waals surface area contributed by atoms with Crippen LogP contribution in [0.2, 0.25) is 0 Å². The molecule has 0 aromatic heterocycles. The van der Waals surface area contributed by atoms with Gasteiger partial charge in [0.15, 0.2) is 0 Å². The van der Waals surface area contributed by atoms with E-state index < -0.39 is 27.0 Å². The van der Waals surface area contributed by atoms with Gasteiger partial charge in [0.2, 0.25) is 0 Å². The zero-order chi connectivity index (χ0) is 18.6. The van der Waals surface area contributed by atoms with Gasteiger partial charge in [-0.1, -0.05) is 0 Å². The summed E-state index contributed by atoms with van der Waals surface area (Å²) in [4.78, 5) is 22.9. The molecule has 0 fully saturated rings. The largest absolute Gasteiger partial charge is 1.00 e. The quantitative estimate of drug-likeness (QED) is 0.303. The van der Waals surface area contributed by atoms with Crippen LogP contribution in [0, 0.1) is 6.07 Å². The SMILES string of the molecule is COC(=O)c1cc(Oc2[c-]c(S(=O)(=O)O)ccc2)cc(C(=O)OC)c1.[Na+]. The normalized spacial score (nSPS) is 10.4. The molecule has 0 saturated heterocycles. The Morgan fingerprint density at radius 1 is 1.00 bits per heavy atom. The van der Waals surface area contributed by atoms with Gasteiger partial charge in [0.05, 0.1) is 25.3 Å². The van der Waals surface area contributed by atoms with E-state index in [-0.39, 0.29) is 52.2 Å². The van der Waals surface area contributed by atoms with Crippen molar-refractivity contribution in [2.75, 3.05) is 14.2 Å². The number of ether oxygens (including phenoxy) is 3. The Kier molecular flexibility index (Phi) is 7.79. The molecule has 0 aliphatic carbocycles. The fourth-order valence-electron chi connectivity index (χ4n) is 1.89. The van der Waals surface area contributed by atoms with Gasteiger partial charge in [0, 0.05) is 5.75 Å². The third-order valence-corrected chi connectivity index (χ3v) is 3.79. The molecule has 132 valence electrons. The van der Waals surface area contributed by atoms with Crippen LogP contribution in [-0.4, -0.2) is 39.1 Å². The van der Waals surface area contributed by atoms with Crippen LogP contribution in [-0.2, 0) is 19.6 Å². The van der Waals surface area contributed by atoms with Gasteiger partial charge in [-0.05, 0) is 23.1 Å². The van der Waals surface area contributed by atoms with Crippen molar-refractivity contribution in [1.82, 2.24) is 0 Å². The van der Waals surface area contributed by atoms with Gasteiger partial charge in [-0.3, -0.25) is 4.55 Å². The standard InChI is InChI=1S/C16H13O8S.Na/c1-22-15(17)10-6-11(16(18)23-2)8-13(7-10)24-12-4-3-5-14(9-12)25(19,20)21;/h3-8H,1-2H3,(H,19,20,21);/q-1;+1. The van der Waals surface area contributed by atoms with Crippen LogP contribution < -0.4 is 34.3 Å². The molecule has 0 atom stereocenters. The van der Waals surface area contributed by atoms with Crippen LogP contribution >= 0.6 is 0 Å². The van der Waals surface area contributed by atoms with Gasteiger partial charge in [0.25, 0.3) is 10.1 Å². The summed E-state index contributed by atoms with van der Waals surface area (Å²) in [7, 11) is -2.10. The van der Waals surface area contributed by atoms with Gasteiger partial charge in [-0.2, -0.15) is 14.5 Å². The van der Waals surface area contributed by atoms with Crippen molar-refractivity contribution < 1.29 is 66.3 Å². The molecule has 26 heavy (non-hydrogen) atoms. The first-order valence-corrected chi connectivity index (χ1v) is 8.18. The summed E-state index contributed by atoms with van der Waals surface area (Å²) >= 11 is 0.